The Morgan fingerprint density at radius 2 is 1.83 bits per heavy atom. The molecular formula is C13H21NO4. The van der Waals surface area contributed by atoms with E-state index in [1.54, 1.807) is 0 Å². The van der Waals surface area contributed by atoms with Gasteiger partial charge in [0.05, 0.1) is 24.2 Å². The average Bonchev–Trinajstić information content (AvgIpc) is 2.57. The third kappa shape index (κ3) is 4.28. The summed E-state index contributed by atoms with van der Waals surface area (Å²) in [6, 6.07) is 2.07. The fourth-order valence-electron chi connectivity index (χ4n) is 2.66. The van der Waals surface area contributed by atoms with E-state index in [1.165, 1.54) is 0 Å². The van der Waals surface area contributed by atoms with Crippen molar-refractivity contribution in [2.75, 3.05) is 0 Å². The molecule has 0 radical (unpaired) electrons. The molecule has 5 nitrogen and oxygen atoms in total. The molecule has 5 heteroatoms. The standard InChI is InChI=1S/C13H21NO4/c14-8-10-9(11(15)7-12(10)16)5-3-1-2-4-6-13(17)18/h9-12,15-16H,1-7H2,(H,17,18). The summed E-state index contributed by atoms with van der Waals surface area (Å²) in [6.45, 7) is 0. The van der Waals surface area contributed by atoms with E-state index in [0.29, 0.717) is 12.8 Å². The van der Waals surface area contributed by atoms with E-state index in [1.807, 2.05) is 0 Å². The van der Waals surface area contributed by atoms with Gasteiger partial charge in [-0.2, -0.15) is 5.26 Å². The predicted octanol–water partition coefficient (Wildman–Crippen LogP) is 1.29. The second-order valence-corrected chi connectivity index (χ2v) is 5.04. The van der Waals surface area contributed by atoms with Gasteiger partial charge in [0.2, 0.25) is 0 Å². The number of aliphatic hydroxyl groups is 2. The number of hydrogen-bond donors (Lipinski definition) is 3. The minimum atomic E-state index is -0.770. The highest BCUT2D eigenvalue weighted by Crippen LogP contribution is 2.35. The number of nitrogens with zero attached hydrogens (tertiary/aromatic N) is 1. The maximum atomic E-state index is 10.3. The molecule has 0 bridgehead atoms. The van der Waals surface area contributed by atoms with E-state index in [-0.39, 0.29) is 12.3 Å². The Morgan fingerprint density at radius 1 is 1.17 bits per heavy atom. The van der Waals surface area contributed by atoms with Crippen LogP contribution in [0.2, 0.25) is 0 Å². The highest BCUT2D eigenvalue weighted by atomic mass is 16.4. The first-order valence-electron chi connectivity index (χ1n) is 6.53. The summed E-state index contributed by atoms with van der Waals surface area (Å²) in [5.74, 6) is -1.36. The second-order valence-electron chi connectivity index (χ2n) is 5.04. The van der Waals surface area contributed by atoms with E-state index in [9.17, 15) is 15.0 Å². The number of aliphatic carboxylic acids is 1. The maximum absolute atomic E-state index is 10.3. The molecule has 0 aromatic carbocycles. The Kier molecular flexibility index (Phi) is 6.10. The van der Waals surface area contributed by atoms with Gasteiger partial charge >= 0.3 is 5.97 Å². The number of nitriles is 1. The predicted molar refractivity (Wildman–Crippen MR) is 64.6 cm³/mol. The highest BCUT2D eigenvalue weighted by Gasteiger charge is 2.41. The number of unbranched alkanes of at least 4 members (excludes halogenated alkanes) is 3. The summed E-state index contributed by atoms with van der Waals surface area (Å²) < 4.78 is 0. The lowest BCUT2D eigenvalue weighted by Gasteiger charge is -2.17. The number of carboxylic acid groups (broad SMARTS) is 1. The molecule has 0 spiro atoms. The second kappa shape index (κ2) is 7.34. The number of hydrogen-bond acceptors (Lipinski definition) is 4. The molecule has 3 N–H and O–H groups in total. The fourth-order valence-corrected chi connectivity index (χ4v) is 2.66. The topological polar surface area (TPSA) is 102 Å². The van der Waals surface area contributed by atoms with Crippen LogP contribution in [-0.2, 0) is 4.79 Å². The van der Waals surface area contributed by atoms with Gasteiger partial charge in [-0.1, -0.05) is 19.3 Å². The minimum Gasteiger partial charge on any atom is -0.481 e. The van der Waals surface area contributed by atoms with Crippen LogP contribution < -0.4 is 0 Å². The molecule has 0 amide bonds. The Hall–Kier alpha value is -1.12. The fraction of sp³-hybridized carbons (Fsp3) is 0.846. The van der Waals surface area contributed by atoms with Crippen molar-refractivity contribution in [1.29, 1.82) is 5.26 Å². The molecule has 0 saturated heterocycles. The van der Waals surface area contributed by atoms with Gasteiger partial charge in [0.1, 0.15) is 0 Å². The largest absolute Gasteiger partial charge is 0.481 e. The van der Waals surface area contributed by atoms with Gasteiger partial charge in [-0.15, -0.1) is 0 Å². The van der Waals surface area contributed by atoms with Gasteiger partial charge in [0.15, 0.2) is 0 Å². The maximum Gasteiger partial charge on any atom is 0.303 e. The van der Waals surface area contributed by atoms with Crippen LogP contribution in [0.4, 0.5) is 0 Å². The monoisotopic (exact) mass is 255 g/mol. The molecule has 0 aliphatic heterocycles. The normalized spacial score (nSPS) is 31.2. The molecule has 1 rings (SSSR count). The van der Waals surface area contributed by atoms with Crippen LogP contribution in [0.1, 0.15) is 44.9 Å². The van der Waals surface area contributed by atoms with Crippen LogP contribution in [0, 0.1) is 23.2 Å². The molecule has 4 atom stereocenters. The van der Waals surface area contributed by atoms with Crippen LogP contribution in [0.5, 0.6) is 0 Å². The lowest BCUT2D eigenvalue weighted by molar-refractivity contribution is -0.137. The zero-order valence-electron chi connectivity index (χ0n) is 10.5. The molecule has 0 aromatic heterocycles. The van der Waals surface area contributed by atoms with Crippen molar-refractivity contribution in [3.05, 3.63) is 0 Å². The van der Waals surface area contributed by atoms with Crippen LogP contribution in [-0.4, -0.2) is 33.5 Å². The van der Waals surface area contributed by atoms with E-state index in [4.69, 9.17) is 10.4 Å². The number of carboxylic acids is 1. The quantitative estimate of drug-likeness (QED) is 0.595. The van der Waals surface area contributed by atoms with Crippen LogP contribution in [0.25, 0.3) is 0 Å². The van der Waals surface area contributed by atoms with E-state index >= 15 is 0 Å². The van der Waals surface area contributed by atoms with Crippen molar-refractivity contribution < 1.29 is 20.1 Å². The summed E-state index contributed by atoms with van der Waals surface area (Å²) >= 11 is 0. The molecule has 4 unspecified atom stereocenters. The molecule has 0 heterocycles. The molecule has 0 aromatic rings. The third-order valence-corrected chi connectivity index (χ3v) is 3.68. The van der Waals surface area contributed by atoms with Crippen molar-refractivity contribution in [2.45, 2.75) is 57.2 Å². The lowest BCUT2D eigenvalue weighted by atomic mass is 9.89. The number of carbonyl (C=O) groups is 1. The average molecular weight is 255 g/mol. The van der Waals surface area contributed by atoms with Gasteiger partial charge in [-0.05, 0) is 12.8 Å². The van der Waals surface area contributed by atoms with Crippen molar-refractivity contribution in [3.8, 4) is 6.07 Å². The van der Waals surface area contributed by atoms with Crippen molar-refractivity contribution >= 4 is 5.97 Å². The third-order valence-electron chi connectivity index (χ3n) is 3.68. The molecule has 1 aliphatic rings. The first kappa shape index (κ1) is 14.9. The van der Waals surface area contributed by atoms with Gasteiger partial charge in [-0.25, -0.2) is 0 Å². The SMILES string of the molecule is N#CC1C(O)CC(O)C1CCCCCCC(=O)O. The molecule has 1 aliphatic carbocycles. The molecule has 18 heavy (non-hydrogen) atoms. The molecular weight excluding hydrogens is 234 g/mol. The Labute approximate surface area is 107 Å². The van der Waals surface area contributed by atoms with Gasteiger partial charge in [0.25, 0.3) is 0 Å². The molecule has 1 saturated carbocycles. The number of aliphatic hydroxyl groups excluding tert-OH is 2. The van der Waals surface area contributed by atoms with Gasteiger partial charge in [-0.3, -0.25) is 4.79 Å². The minimum absolute atomic E-state index is 0.135. The zero-order chi connectivity index (χ0) is 13.5. The molecule has 102 valence electrons. The summed E-state index contributed by atoms with van der Waals surface area (Å²) in [6.07, 6.45) is 3.24. The Balaban J connectivity index is 2.18. The van der Waals surface area contributed by atoms with Crippen LogP contribution >= 0.6 is 0 Å². The Bertz CT molecular complexity index is 313. The smallest absolute Gasteiger partial charge is 0.303 e. The van der Waals surface area contributed by atoms with Crippen molar-refractivity contribution in [1.82, 2.24) is 0 Å². The van der Waals surface area contributed by atoms with Gasteiger partial charge < -0.3 is 15.3 Å². The highest BCUT2D eigenvalue weighted by molar-refractivity contribution is 5.66. The van der Waals surface area contributed by atoms with Crippen LogP contribution in [0.3, 0.4) is 0 Å². The van der Waals surface area contributed by atoms with E-state index in [0.717, 1.165) is 25.7 Å². The molecule has 1 fully saturated rings. The summed E-state index contributed by atoms with van der Waals surface area (Å²) in [5.41, 5.74) is 0. The Morgan fingerprint density at radius 3 is 2.44 bits per heavy atom. The van der Waals surface area contributed by atoms with Crippen LogP contribution in [0.15, 0.2) is 0 Å². The summed E-state index contributed by atoms with van der Waals surface area (Å²) in [7, 11) is 0. The first-order chi connectivity index (χ1) is 8.56. The van der Waals surface area contributed by atoms with Gasteiger partial charge in [0, 0.05) is 18.8 Å². The van der Waals surface area contributed by atoms with Crippen molar-refractivity contribution in [2.24, 2.45) is 11.8 Å². The summed E-state index contributed by atoms with van der Waals surface area (Å²) in [4.78, 5) is 10.3. The van der Waals surface area contributed by atoms with E-state index in [2.05, 4.69) is 6.07 Å². The van der Waals surface area contributed by atoms with Crippen molar-refractivity contribution in [3.63, 3.8) is 0 Å². The first-order valence-corrected chi connectivity index (χ1v) is 6.53. The lowest BCUT2D eigenvalue weighted by Crippen LogP contribution is -2.20. The summed E-state index contributed by atoms with van der Waals surface area (Å²) in [5, 5.41) is 36.7. The zero-order valence-corrected chi connectivity index (χ0v) is 10.5. The van der Waals surface area contributed by atoms with E-state index < -0.39 is 24.1 Å². The number of rotatable bonds is 7.